The molecule has 0 aliphatic carbocycles. The summed E-state index contributed by atoms with van der Waals surface area (Å²) in [5.74, 6) is 0.434. The molecule has 21 heavy (non-hydrogen) atoms. The molecule has 2 aromatic rings. The molecule has 0 saturated carbocycles. The lowest BCUT2D eigenvalue weighted by Crippen LogP contribution is -2.25. The lowest BCUT2D eigenvalue weighted by Gasteiger charge is -2.05. The van der Waals surface area contributed by atoms with Gasteiger partial charge in [-0.25, -0.2) is 0 Å². The summed E-state index contributed by atoms with van der Waals surface area (Å²) >= 11 is 0. The molecular weight excluding hydrogens is 270 g/mol. The zero-order chi connectivity index (χ0) is 15.2. The highest BCUT2D eigenvalue weighted by Gasteiger charge is 2.06. The minimum Gasteiger partial charge on any atom is -0.361 e. The van der Waals surface area contributed by atoms with Gasteiger partial charge in [0.2, 0.25) is 5.91 Å². The van der Waals surface area contributed by atoms with Crippen LogP contribution in [0.2, 0.25) is 0 Å². The highest BCUT2D eigenvalue weighted by Crippen LogP contribution is 2.09. The molecule has 0 spiro atoms. The van der Waals surface area contributed by atoms with Gasteiger partial charge >= 0.3 is 0 Å². The molecule has 1 aromatic carbocycles. The molecule has 2 N–H and O–H groups in total. The standard InChI is InChI=1S/C15H17N3O3/c1-10-9-14(21-18-10)7-8-16-15(20)12-3-5-13(6-4-12)17-11(2)19/h3-6,9H,7-8H2,1-2H3,(H,16,20)(H,17,19). The summed E-state index contributed by atoms with van der Waals surface area (Å²) < 4.78 is 5.06. The number of hydrogen-bond donors (Lipinski definition) is 2. The van der Waals surface area contributed by atoms with Crippen molar-refractivity contribution in [1.82, 2.24) is 10.5 Å². The van der Waals surface area contributed by atoms with Crippen LogP contribution >= 0.6 is 0 Å². The Balaban J connectivity index is 1.84. The van der Waals surface area contributed by atoms with Gasteiger partial charge in [0.05, 0.1) is 5.69 Å². The van der Waals surface area contributed by atoms with Crippen LogP contribution in [0.5, 0.6) is 0 Å². The predicted molar refractivity (Wildman–Crippen MR) is 78.0 cm³/mol. The number of benzene rings is 1. The molecule has 110 valence electrons. The van der Waals surface area contributed by atoms with Gasteiger partial charge in [-0.3, -0.25) is 9.59 Å². The molecule has 0 unspecified atom stereocenters. The number of aromatic nitrogens is 1. The van der Waals surface area contributed by atoms with E-state index in [2.05, 4.69) is 15.8 Å². The highest BCUT2D eigenvalue weighted by atomic mass is 16.5. The van der Waals surface area contributed by atoms with E-state index in [1.807, 2.05) is 13.0 Å². The summed E-state index contributed by atoms with van der Waals surface area (Å²) in [4.78, 5) is 22.8. The Hall–Kier alpha value is -2.63. The van der Waals surface area contributed by atoms with Gasteiger partial charge in [-0.2, -0.15) is 0 Å². The molecule has 6 nitrogen and oxygen atoms in total. The van der Waals surface area contributed by atoms with Gasteiger partial charge in [0, 0.05) is 37.2 Å². The second kappa shape index (κ2) is 6.69. The van der Waals surface area contributed by atoms with Crippen molar-refractivity contribution >= 4 is 17.5 Å². The fraction of sp³-hybridized carbons (Fsp3) is 0.267. The smallest absolute Gasteiger partial charge is 0.251 e. The third-order valence-electron chi connectivity index (χ3n) is 2.80. The number of nitrogens with one attached hydrogen (secondary N) is 2. The van der Waals surface area contributed by atoms with Crippen LogP contribution in [0.1, 0.15) is 28.7 Å². The third-order valence-corrected chi connectivity index (χ3v) is 2.80. The first-order chi connectivity index (χ1) is 10.0. The molecule has 1 heterocycles. The number of hydrogen-bond acceptors (Lipinski definition) is 4. The first-order valence-corrected chi connectivity index (χ1v) is 6.62. The summed E-state index contributed by atoms with van der Waals surface area (Å²) in [5, 5.41) is 9.23. The van der Waals surface area contributed by atoms with Gasteiger partial charge in [0.15, 0.2) is 0 Å². The van der Waals surface area contributed by atoms with E-state index in [-0.39, 0.29) is 11.8 Å². The second-order valence-corrected chi connectivity index (χ2v) is 4.70. The monoisotopic (exact) mass is 287 g/mol. The van der Waals surface area contributed by atoms with Crippen molar-refractivity contribution in [1.29, 1.82) is 0 Å². The Labute approximate surface area is 122 Å². The molecule has 0 saturated heterocycles. The van der Waals surface area contributed by atoms with Crippen molar-refractivity contribution in [3.8, 4) is 0 Å². The minimum atomic E-state index is -0.166. The Morgan fingerprint density at radius 3 is 2.52 bits per heavy atom. The Morgan fingerprint density at radius 1 is 1.24 bits per heavy atom. The maximum absolute atomic E-state index is 11.9. The number of anilines is 1. The minimum absolute atomic E-state index is 0.144. The SMILES string of the molecule is CC(=O)Nc1ccc(C(=O)NCCc2cc(C)no2)cc1. The van der Waals surface area contributed by atoms with E-state index in [0.29, 0.717) is 24.2 Å². The Kier molecular flexibility index (Phi) is 4.71. The molecule has 6 heteroatoms. The van der Waals surface area contributed by atoms with Crippen LogP contribution in [0.3, 0.4) is 0 Å². The van der Waals surface area contributed by atoms with Crippen molar-refractivity contribution in [2.45, 2.75) is 20.3 Å². The number of aryl methyl sites for hydroxylation is 1. The molecule has 1 aromatic heterocycles. The van der Waals surface area contributed by atoms with E-state index >= 15 is 0 Å². The number of amides is 2. The van der Waals surface area contributed by atoms with Gasteiger partial charge in [-0.15, -0.1) is 0 Å². The molecule has 0 bridgehead atoms. The molecular formula is C15H17N3O3. The normalized spacial score (nSPS) is 10.2. The molecule has 0 aliphatic rings. The van der Waals surface area contributed by atoms with Gasteiger partial charge in [-0.05, 0) is 31.2 Å². The van der Waals surface area contributed by atoms with Gasteiger partial charge in [0.1, 0.15) is 5.76 Å². The Morgan fingerprint density at radius 2 is 1.95 bits per heavy atom. The first-order valence-electron chi connectivity index (χ1n) is 6.62. The van der Waals surface area contributed by atoms with Crippen LogP contribution in [0.25, 0.3) is 0 Å². The van der Waals surface area contributed by atoms with E-state index in [4.69, 9.17) is 4.52 Å². The largest absolute Gasteiger partial charge is 0.361 e. The van der Waals surface area contributed by atoms with E-state index in [1.165, 1.54) is 6.92 Å². The fourth-order valence-electron chi connectivity index (χ4n) is 1.84. The van der Waals surface area contributed by atoms with Crippen LogP contribution in [0.15, 0.2) is 34.9 Å². The average Bonchev–Trinajstić information content (AvgIpc) is 2.84. The fourth-order valence-corrected chi connectivity index (χ4v) is 1.84. The number of nitrogens with zero attached hydrogens (tertiary/aromatic N) is 1. The third kappa shape index (κ3) is 4.45. The van der Waals surface area contributed by atoms with E-state index in [1.54, 1.807) is 24.3 Å². The van der Waals surface area contributed by atoms with Gasteiger partial charge in [0.25, 0.3) is 5.91 Å². The molecule has 2 amide bonds. The summed E-state index contributed by atoms with van der Waals surface area (Å²) in [6.07, 6.45) is 0.594. The van der Waals surface area contributed by atoms with Crippen LogP contribution in [-0.2, 0) is 11.2 Å². The maximum Gasteiger partial charge on any atom is 0.251 e. The molecule has 2 rings (SSSR count). The Bertz CT molecular complexity index is 632. The van der Waals surface area contributed by atoms with Crippen molar-refractivity contribution in [3.63, 3.8) is 0 Å². The van der Waals surface area contributed by atoms with E-state index < -0.39 is 0 Å². The van der Waals surface area contributed by atoms with Crippen LogP contribution in [0.4, 0.5) is 5.69 Å². The maximum atomic E-state index is 11.9. The van der Waals surface area contributed by atoms with Crippen LogP contribution < -0.4 is 10.6 Å². The summed E-state index contributed by atoms with van der Waals surface area (Å²) in [5.41, 5.74) is 2.03. The molecule has 0 radical (unpaired) electrons. The van der Waals surface area contributed by atoms with Crippen molar-refractivity contribution in [2.75, 3.05) is 11.9 Å². The topological polar surface area (TPSA) is 84.2 Å². The van der Waals surface area contributed by atoms with Crippen LogP contribution in [0, 0.1) is 6.92 Å². The second-order valence-electron chi connectivity index (χ2n) is 4.70. The van der Waals surface area contributed by atoms with Crippen molar-refractivity contribution < 1.29 is 14.1 Å². The highest BCUT2D eigenvalue weighted by molar-refractivity contribution is 5.95. The number of carbonyl (C=O) groups is 2. The quantitative estimate of drug-likeness (QED) is 0.879. The van der Waals surface area contributed by atoms with E-state index in [0.717, 1.165) is 11.5 Å². The average molecular weight is 287 g/mol. The lowest BCUT2D eigenvalue weighted by atomic mass is 10.2. The number of carbonyl (C=O) groups excluding carboxylic acids is 2. The van der Waals surface area contributed by atoms with Crippen molar-refractivity contribution in [3.05, 3.63) is 47.3 Å². The molecule has 0 fully saturated rings. The zero-order valence-electron chi connectivity index (χ0n) is 12.0. The molecule has 0 atom stereocenters. The summed E-state index contributed by atoms with van der Waals surface area (Å²) in [6.45, 7) is 3.76. The predicted octanol–water partition coefficient (Wildman–Crippen LogP) is 1.91. The van der Waals surface area contributed by atoms with E-state index in [9.17, 15) is 9.59 Å². The lowest BCUT2D eigenvalue weighted by molar-refractivity contribution is -0.114. The summed E-state index contributed by atoms with van der Waals surface area (Å²) in [7, 11) is 0. The zero-order valence-corrected chi connectivity index (χ0v) is 12.0. The van der Waals surface area contributed by atoms with Gasteiger partial charge in [-0.1, -0.05) is 5.16 Å². The van der Waals surface area contributed by atoms with Crippen molar-refractivity contribution in [2.24, 2.45) is 0 Å². The number of rotatable bonds is 5. The van der Waals surface area contributed by atoms with Crippen LogP contribution in [-0.4, -0.2) is 23.5 Å². The van der Waals surface area contributed by atoms with Gasteiger partial charge < -0.3 is 15.2 Å². The molecule has 0 aliphatic heterocycles. The summed E-state index contributed by atoms with van der Waals surface area (Å²) in [6, 6.07) is 8.55. The first kappa shape index (κ1) is 14.8.